The van der Waals surface area contributed by atoms with E-state index in [0.717, 1.165) is 22.0 Å². The van der Waals surface area contributed by atoms with Gasteiger partial charge in [0.05, 0.1) is 22.7 Å². The summed E-state index contributed by atoms with van der Waals surface area (Å²) in [5.74, 6) is 0.273. The van der Waals surface area contributed by atoms with Crippen molar-refractivity contribution in [3.8, 4) is 17.3 Å². The van der Waals surface area contributed by atoms with Crippen LogP contribution in [0, 0.1) is 25.2 Å². The normalized spacial score (nSPS) is 11.2. The van der Waals surface area contributed by atoms with Crippen LogP contribution in [0.5, 0.6) is 0 Å². The van der Waals surface area contributed by atoms with Crippen LogP contribution in [0.1, 0.15) is 43.5 Å². The molecule has 0 bridgehead atoms. The van der Waals surface area contributed by atoms with Crippen molar-refractivity contribution in [1.82, 2.24) is 9.97 Å². The lowest BCUT2D eigenvalue weighted by molar-refractivity contribution is -0.154. The van der Waals surface area contributed by atoms with E-state index in [1.165, 1.54) is 11.8 Å². The molecule has 2 heterocycles. The van der Waals surface area contributed by atoms with Gasteiger partial charge in [0.25, 0.3) is 0 Å². The predicted octanol–water partition coefficient (Wildman–Crippen LogP) is 4.52. The molecule has 0 aliphatic heterocycles. The molecule has 0 saturated heterocycles. The smallest absolute Gasteiger partial charge is 0.307 e. The number of aryl methyl sites for hydroxylation is 2. The molecule has 0 aliphatic carbocycles. The number of carbonyl (C=O) groups is 1. The predicted molar refractivity (Wildman–Crippen MR) is 101 cm³/mol. The fourth-order valence-electron chi connectivity index (χ4n) is 2.14. The second-order valence-corrected chi connectivity index (χ2v) is 8.67. The summed E-state index contributed by atoms with van der Waals surface area (Å²) in [6, 6.07) is 4.02. The highest BCUT2D eigenvalue weighted by molar-refractivity contribution is 7.99. The van der Waals surface area contributed by atoms with Gasteiger partial charge in [0.15, 0.2) is 0 Å². The fourth-order valence-corrected chi connectivity index (χ4v) is 3.68. The molecular formula is C18H21N3O2S2. The van der Waals surface area contributed by atoms with Crippen molar-refractivity contribution in [1.29, 1.82) is 5.26 Å². The molecule has 2 aromatic heterocycles. The summed E-state index contributed by atoms with van der Waals surface area (Å²) in [5, 5.41) is 13.0. The molecule has 7 heteroatoms. The molecule has 0 unspecified atom stereocenters. The van der Waals surface area contributed by atoms with E-state index in [9.17, 15) is 10.1 Å². The number of ether oxygens (including phenoxy) is 1. The van der Waals surface area contributed by atoms with Gasteiger partial charge in [-0.05, 0) is 40.7 Å². The van der Waals surface area contributed by atoms with Crippen LogP contribution in [0.15, 0.2) is 16.5 Å². The minimum atomic E-state index is -0.484. The number of nitrogens with zero attached hydrogens (tertiary/aromatic N) is 3. The number of hydrogen-bond donors (Lipinski definition) is 0. The second-order valence-electron chi connectivity index (χ2n) is 6.52. The Labute approximate surface area is 156 Å². The maximum atomic E-state index is 11.8. The van der Waals surface area contributed by atoms with E-state index in [0.29, 0.717) is 16.3 Å². The van der Waals surface area contributed by atoms with E-state index >= 15 is 0 Å². The minimum absolute atomic E-state index is 0.246. The molecule has 132 valence electrons. The SMILES string of the molecule is Cc1nc(-c2cc(C#N)c(SCCC(=O)OC(C)(C)C)nc2C)cs1. The molecule has 0 radical (unpaired) electrons. The van der Waals surface area contributed by atoms with E-state index in [-0.39, 0.29) is 12.4 Å². The molecule has 0 aliphatic rings. The monoisotopic (exact) mass is 375 g/mol. The van der Waals surface area contributed by atoms with Gasteiger partial charge in [-0.3, -0.25) is 4.79 Å². The molecular weight excluding hydrogens is 354 g/mol. The Morgan fingerprint density at radius 2 is 2.08 bits per heavy atom. The van der Waals surface area contributed by atoms with Crippen molar-refractivity contribution in [2.45, 2.75) is 51.7 Å². The van der Waals surface area contributed by atoms with Crippen LogP contribution in [0.4, 0.5) is 0 Å². The largest absolute Gasteiger partial charge is 0.460 e. The molecule has 0 fully saturated rings. The van der Waals surface area contributed by atoms with Gasteiger partial charge < -0.3 is 4.74 Å². The van der Waals surface area contributed by atoms with Crippen molar-refractivity contribution in [3.05, 3.63) is 27.7 Å². The lowest BCUT2D eigenvalue weighted by Crippen LogP contribution is -2.24. The summed E-state index contributed by atoms with van der Waals surface area (Å²) in [7, 11) is 0. The van der Waals surface area contributed by atoms with Crippen LogP contribution in [-0.2, 0) is 9.53 Å². The van der Waals surface area contributed by atoms with Gasteiger partial charge in [-0.2, -0.15) is 5.26 Å². The Morgan fingerprint density at radius 3 is 2.64 bits per heavy atom. The Morgan fingerprint density at radius 1 is 1.36 bits per heavy atom. The summed E-state index contributed by atoms with van der Waals surface area (Å²) >= 11 is 2.97. The lowest BCUT2D eigenvalue weighted by atomic mass is 10.1. The first kappa shape index (κ1) is 19.4. The topological polar surface area (TPSA) is 75.9 Å². The average molecular weight is 376 g/mol. The Kier molecular flexibility index (Phi) is 6.20. The van der Waals surface area contributed by atoms with E-state index in [1.807, 2.05) is 46.1 Å². The number of aromatic nitrogens is 2. The van der Waals surface area contributed by atoms with E-state index in [2.05, 4.69) is 16.0 Å². The van der Waals surface area contributed by atoms with Gasteiger partial charge in [-0.25, -0.2) is 9.97 Å². The molecule has 0 saturated carbocycles. The third-order valence-corrected chi connectivity index (χ3v) is 4.92. The molecule has 0 N–H and O–H groups in total. The number of carbonyl (C=O) groups excluding carboxylic acids is 1. The fraction of sp³-hybridized carbons (Fsp3) is 0.444. The van der Waals surface area contributed by atoms with Crippen molar-refractivity contribution in [2.24, 2.45) is 0 Å². The molecule has 0 aromatic carbocycles. The first-order valence-electron chi connectivity index (χ1n) is 7.88. The number of rotatable bonds is 5. The first-order valence-corrected chi connectivity index (χ1v) is 9.75. The molecule has 0 spiro atoms. The van der Waals surface area contributed by atoms with Crippen molar-refractivity contribution < 1.29 is 9.53 Å². The molecule has 25 heavy (non-hydrogen) atoms. The highest BCUT2D eigenvalue weighted by atomic mass is 32.2. The van der Waals surface area contributed by atoms with Gasteiger partial charge in [0.1, 0.15) is 16.7 Å². The van der Waals surface area contributed by atoms with Gasteiger partial charge in [0.2, 0.25) is 0 Å². The van der Waals surface area contributed by atoms with Crippen LogP contribution in [-0.4, -0.2) is 27.3 Å². The third kappa shape index (κ3) is 5.55. The molecule has 0 amide bonds. The van der Waals surface area contributed by atoms with Crippen LogP contribution in [0.2, 0.25) is 0 Å². The second kappa shape index (κ2) is 7.98. The van der Waals surface area contributed by atoms with Crippen molar-refractivity contribution >= 4 is 29.1 Å². The van der Waals surface area contributed by atoms with Crippen LogP contribution >= 0.6 is 23.1 Å². The minimum Gasteiger partial charge on any atom is -0.460 e. The number of nitriles is 1. The van der Waals surface area contributed by atoms with Crippen LogP contribution in [0.25, 0.3) is 11.3 Å². The summed E-state index contributed by atoms with van der Waals surface area (Å²) in [6.07, 6.45) is 0.278. The number of thiazole rings is 1. The molecule has 2 aromatic rings. The van der Waals surface area contributed by atoms with Crippen molar-refractivity contribution in [3.63, 3.8) is 0 Å². The Hall–Kier alpha value is -1.91. The first-order chi connectivity index (χ1) is 11.7. The quantitative estimate of drug-likeness (QED) is 0.565. The zero-order chi connectivity index (χ0) is 18.6. The standard InChI is InChI=1S/C18H21N3O2S2/c1-11-14(15-10-25-12(2)21-15)8-13(9-19)17(20-11)24-7-6-16(22)23-18(3,4)5/h8,10H,6-7H2,1-5H3. The maximum Gasteiger partial charge on any atom is 0.307 e. The van der Waals surface area contributed by atoms with E-state index in [4.69, 9.17) is 4.74 Å². The van der Waals surface area contributed by atoms with E-state index < -0.39 is 5.60 Å². The Bertz CT molecular complexity index is 817. The highest BCUT2D eigenvalue weighted by Crippen LogP contribution is 2.29. The Balaban J connectivity index is 2.10. The number of pyridine rings is 1. The zero-order valence-corrected chi connectivity index (χ0v) is 16.7. The number of esters is 1. The highest BCUT2D eigenvalue weighted by Gasteiger charge is 2.17. The van der Waals surface area contributed by atoms with Gasteiger partial charge >= 0.3 is 5.97 Å². The maximum absolute atomic E-state index is 11.8. The van der Waals surface area contributed by atoms with Gasteiger partial charge in [-0.15, -0.1) is 23.1 Å². The van der Waals surface area contributed by atoms with Gasteiger partial charge in [0, 0.05) is 22.4 Å². The van der Waals surface area contributed by atoms with Gasteiger partial charge in [-0.1, -0.05) is 0 Å². The summed E-state index contributed by atoms with van der Waals surface area (Å²) in [6.45, 7) is 9.38. The number of thioether (sulfide) groups is 1. The molecule has 0 atom stereocenters. The summed E-state index contributed by atoms with van der Waals surface area (Å²) in [5.41, 5.74) is 2.55. The molecule has 5 nitrogen and oxygen atoms in total. The summed E-state index contributed by atoms with van der Waals surface area (Å²) in [4.78, 5) is 20.8. The summed E-state index contributed by atoms with van der Waals surface area (Å²) < 4.78 is 5.29. The lowest BCUT2D eigenvalue weighted by Gasteiger charge is -2.19. The van der Waals surface area contributed by atoms with Crippen molar-refractivity contribution in [2.75, 3.05) is 5.75 Å². The zero-order valence-electron chi connectivity index (χ0n) is 15.0. The number of hydrogen-bond acceptors (Lipinski definition) is 7. The third-order valence-electron chi connectivity index (χ3n) is 3.16. The average Bonchev–Trinajstić information content (AvgIpc) is 2.92. The van der Waals surface area contributed by atoms with Crippen LogP contribution in [0.3, 0.4) is 0 Å². The van der Waals surface area contributed by atoms with E-state index in [1.54, 1.807) is 11.3 Å². The molecule has 2 rings (SSSR count). The van der Waals surface area contributed by atoms with Crippen LogP contribution < -0.4 is 0 Å².